The van der Waals surface area contributed by atoms with Crippen molar-refractivity contribution in [2.45, 2.75) is 17.4 Å². The number of carbonyl (C=O) groups is 1. The standard InChI is InChI=1S/C16H15NO2S/c1-20-13-5-2-10(3-6-13)16(19)11-4-7-14-12(8-11)9-15(18)17-14/h2-8,16,19H,9H2,1H3,(H,17,18). The van der Waals surface area contributed by atoms with Gasteiger partial charge in [-0.2, -0.15) is 0 Å². The molecular weight excluding hydrogens is 270 g/mol. The van der Waals surface area contributed by atoms with E-state index in [2.05, 4.69) is 5.32 Å². The number of benzene rings is 2. The summed E-state index contributed by atoms with van der Waals surface area (Å²) in [5.74, 6) is 0.0102. The van der Waals surface area contributed by atoms with Crippen LogP contribution in [0.3, 0.4) is 0 Å². The van der Waals surface area contributed by atoms with E-state index in [0.717, 1.165) is 22.4 Å². The van der Waals surface area contributed by atoms with Gasteiger partial charge in [0.15, 0.2) is 0 Å². The molecule has 0 spiro atoms. The Bertz CT molecular complexity index is 652. The molecule has 0 saturated carbocycles. The van der Waals surface area contributed by atoms with E-state index < -0.39 is 6.10 Å². The predicted molar refractivity (Wildman–Crippen MR) is 81.1 cm³/mol. The van der Waals surface area contributed by atoms with Crippen LogP contribution in [0.4, 0.5) is 5.69 Å². The fourth-order valence-corrected chi connectivity index (χ4v) is 2.81. The molecular formula is C16H15NO2S. The first-order valence-corrected chi connectivity index (χ1v) is 7.64. The van der Waals surface area contributed by atoms with Gasteiger partial charge in [0.2, 0.25) is 5.91 Å². The summed E-state index contributed by atoms with van der Waals surface area (Å²) in [4.78, 5) is 12.5. The average molecular weight is 285 g/mol. The second-order valence-electron chi connectivity index (χ2n) is 4.82. The molecule has 3 nitrogen and oxygen atoms in total. The van der Waals surface area contributed by atoms with Gasteiger partial charge in [-0.1, -0.05) is 24.3 Å². The Morgan fingerprint density at radius 1 is 1.15 bits per heavy atom. The van der Waals surface area contributed by atoms with Crippen molar-refractivity contribution < 1.29 is 9.90 Å². The molecule has 1 heterocycles. The molecule has 1 amide bonds. The molecule has 0 bridgehead atoms. The Hall–Kier alpha value is -1.78. The molecule has 102 valence electrons. The van der Waals surface area contributed by atoms with Gasteiger partial charge in [0.1, 0.15) is 6.10 Å². The maximum Gasteiger partial charge on any atom is 0.228 e. The highest BCUT2D eigenvalue weighted by molar-refractivity contribution is 7.98. The van der Waals surface area contributed by atoms with Crippen molar-refractivity contribution >= 4 is 23.4 Å². The van der Waals surface area contributed by atoms with Gasteiger partial charge < -0.3 is 10.4 Å². The van der Waals surface area contributed by atoms with E-state index in [1.54, 1.807) is 11.8 Å². The molecule has 20 heavy (non-hydrogen) atoms. The normalized spacial score (nSPS) is 14.8. The molecule has 0 aromatic heterocycles. The van der Waals surface area contributed by atoms with Crippen LogP contribution < -0.4 is 5.32 Å². The SMILES string of the molecule is CSc1ccc(C(O)c2ccc3c(c2)CC(=O)N3)cc1. The van der Waals surface area contributed by atoms with Crippen LogP contribution in [0.1, 0.15) is 22.8 Å². The molecule has 1 aliphatic heterocycles. The highest BCUT2D eigenvalue weighted by Crippen LogP contribution is 2.29. The summed E-state index contributed by atoms with van der Waals surface area (Å²) in [6, 6.07) is 13.5. The molecule has 1 unspecified atom stereocenters. The smallest absolute Gasteiger partial charge is 0.228 e. The van der Waals surface area contributed by atoms with Crippen molar-refractivity contribution in [1.82, 2.24) is 0 Å². The first-order chi connectivity index (χ1) is 9.67. The minimum absolute atomic E-state index is 0.0102. The Morgan fingerprint density at radius 2 is 1.85 bits per heavy atom. The quantitative estimate of drug-likeness (QED) is 0.852. The lowest BCUT2D eigenvalue weighted by Crippen LogP contribution is -2.03. The van der Waals surface area contributed by atoms with E-state index >= 15 is 0 Å². The lowest BCUT2D eigenvalue weighted by atomic mass is 9.99. The fourth-order valence-electron chi connectivity index (χ4n) is 2.40. The summed E-state index contributed by atoms with van der Waals surface area (Å²) in [6.45, 7) is 0. The van der Waals surface area contributed by atoms with Crippen LogP contribution in [0, 0.1) is 0 Å². The summed E-state index contributed by atoms with van der Waals surface area (Å²) in [7, 11) is 0. The van der Waals surface area contributed by atoms with E-state index in [1.807, 2.05) is 48.7 Å². The monoisotopic (exact) mass is 285 g/mol. The van der Waals surface area contributed by atoms with Crippen LogP contribution >= 0.6 is 11.8 Å². The van der Waals surface area contributed by atoms with E-state index in [4.69, 9.17) is 0 Å². The Morgan fingerprint density at radius 3 is 2.55 bits per heavy atom. The highest BCUT2D eigenvalue weighted by Gasteiger charge is 2.19. The van der Waals surface area contributed by atoms with Crippen molar-refractivity contribution in [2.24, 2.45) is 0 Å². The largest absolute Gasteiger partial charge is 0.384 e. The number of thioether (sulfide) groups is 1. The first-order valence-electron chi connectivity index (χ1n) is 6.42. The van der Waals surface area contributed by atoms with Gasteiger partial charge in [0.05, 0.1) is 6.42 Å². The molecule has 1 aliphatic rings. The molecule has 0 saturated heterocycles. The molecule has 2 N–H and O–H groups in total. The number of anilines is 1. The number of hydrogen-bond donors (Lipinski definition) is 2. The molecule has 0 aliphatic carbocycles. The third-order valence-electron chi connectivity index (χ3n) is 3.50. The number of aliphatic hydroxyl groups is 1. The molecule has 2 aromatic rings. The maximum absolute atomic E-state index is 11.3. The predicted octanol–water partition coefficient (Wildman–Crippen LogP) is 2.98. The Balaban J connectivity index is 1.88. The topological polar surface area (TPSA) is 49.3 Å². The van der Waals surface area contributed by atoms with Crippen molar-refractivity contribution in [1.29, 1.82) is 0 Å². The lowest BCUT2D eigenvalue weighted by Gasteiger charge is -2.13. The lowest BCUT2D eigenvalue weighted by molar-refractivity contribution is -0.115. The van der Waals surface area contributed by atoms with Crippen molar-refractivity contribution in [3.8, 4) is 0 Å². The van der Waals surface area contributed by atoms with E-state index in [0.29, 0.717) is 6.42 Å². The molecule has 4 heteroatoms. The zero-order valence-electron chi connectivity index (χ0n) is 11.1. The van der Waals surface area contributed by atoms with Gasteiger partial charge in [0, 0.05) is 10.6 Å². The molecule has 0 fully saturated rings. The van der Waals surface area contributed by atoms with Gasteiger partial charge in [-0.3, -0.25) is 4.79 Å². The minimum Gasteiger partial charge on any atom is -0.384 e. The summed E-state index contributed by atoms with van der Waals surface area (Å²) >= 11 is 1.67. The van der Waals surface area contributed by atoms with Gasteiger partial charge in [-0.05, 0) is 41.1 Å². The minimum atomic E-state index is -0.660. The number of amides is 1. The number of hydrogen-bond acceptors (Lipinski definition) is 3. The number of rotatable bonds is 3. The number of fused-ring (bicyclic) bond motifs is 1. The van der Waals surface area contributed by atoms with Crippen LogP contribution in [0.15, 0.2) is 47.4 Å². The fraction of sp³-hybridized carbons (Fsp3) is 0.188. The van der Waals surface area contributed by atoms with Gasteiger partial charge >= 0.3 is 0 Å². The Labute approximate surface area is 122 Å². The molecule has 1 atom stereocenters. The second kappa shape index (κ2) is 5.31. The van der Waals surface area contributed by atoms with Crippen molar-refractivity contribution in [2.75, 3.05) is 11.6 Å². The summed E-state index contributed by atoms with van der Waals surface area (Å²) in [6.07, 6.45) is 1.75. The average Bonchev–Trinajstić information content (AvgIpc) is 2.85. The van der Waals surface area contributed by atoms with Gasteiger partial charge in [0.25, 0.3) is 0 Å². The van der Waals surface area contributed by atoms with E-state index in [1.165, 1.54) is 4.90 Å². The van der Waals surface area contributed by atoms with Crippen LogP contribution in [0.2, 0.25) is 0 Å². The van der Waals surface area contributed by atoms with Gasteiger partial charge in [-0.15, -0.1) is 11.8 Å². The zero-order valence-corrected chi connectivity index (χ0v) is 11.9. The maximum atomic E-state index is 11.3. The van der Waals surface area contributed by atoms with Crippen LogP contribution in [-0.2, 0) is 11.2 Å². The van der Waals surface area contributed by atoms with Crippen LogP contribution in [0.25, 0.3) is 0 Å². The van der Waals surface area contributed by atoms with Gasteiger partial charge in [-0.25, -0.2) is 0 Å². The summed E-state index contributed by atoms with van der Waals surface area (Å²) in [5.41, 5.74) is 3.48. The second-order valence-corrected chi connectivity index (χ2v) is 5.70. The van der Waals surface area contributed by atoms with Crippen LogP contribution in [0.5, 0.6) is 0 Å². The molecule has 2 aromatic carbocycles. The number of nitrogens with one attached hydrogen (secondary N) is 1. The molecule has 0 radical (unpaired) electrons. The zero-order chi connectivity index (χ0) is 14.1. The number of carbonyl (C=O) groups excluding carboxylic acids is 1. The summed E-state index contributed by atoms with van der Waals surface area (Å²) in [5, 5.41) is 13.2. The van der Waals surface area contributed by atoms with E-state index in [-0.39, 0.29) is 5.91 Å². The molecule has 3 rings (SSSR count). The third-order valence-corrected chi connectivity index (χ3v) is 4.25. The van der Waals surface area contributed by atoms with Crippen LogP contribution in [-0.4, -0.2) is 17.3 Å². The van der Waals surface area contributed by atoms with Crippen molar-refractivity contribution in [3.05, 3.63) is 59.2 Å². The summed E-state index contributed by atoms with van der Waals surface area (Å²) < 4.78 is 0. The Kier molecular flexibility index (Phi) is 3.51. The third kappa shape index (κ3) is 2.44. The first kappa shape index (κ1) is 13.2. The van der Waals surface area contributed by atoms with Crippen molar-refractivity contribution in [3.63, 3.8) is 0 Å². The number of aliphatic hydroxyl groups excluding tert-OH is 1. The highest BCUT2D eigenvalue weighted by atomic mass is 32.2. The van der Waals surface area contributed by atoms with E-state index in [9.17, 15) is 9.90 Å².